The van der Waals surface area contributed by atoms with Gasteiger partial charge in [-0.25, -0.2) is 0 Å². The van der Waals surface area contributed by atoms with E-state index < -0.39 is 0 Å². The summed E-state index contributed by atoms with van der Waals surface area (Å²) >= 11 is 4.93. The molecule has 1 amide bonds. The Hall–Kier alpha value is -0.350. The molecule has 0 saturated heterocycles. The van der Waals surface area contributed by atoms with Gasteiger partial charge in [0.1, 0.15) is 0 Å². The van der Waals surface area contributed by atoms with Gasteiger partial charge in [0.05, 0.1) is 4.88 Å². The third-order valence-corrected chi connectivity index (χ3v) is 3.95. The van der Waals surface area contributed by atoms with Crippen molar-refractivity contribution in [2.75, 3.05) is 11.9 Å². The molecule has 1 heterocycles. The molecule has 0 saturated carbocycles. The zero-order valence-electron chi connectivity index (χ0n) is 9.10. The van der Waals surface area contributed by atoms with Crippen LogP contribution >= 0.6 is 27.3 Å². The van der Waals surface area contributed by atoms with E-state index in [1.807, 2.05) is 19.9 Å². The van der Waals surface area contributed by atoms with Crippen molar-refractivity contribution in [3.8, 4) is 0 Å². The quantitative estimate of drug-likeness (QED) is 0.654. The maximum absolute atomic E-state index is 11.7. The molecule has 0 bridgehead atoms. The number of hydrogen-bond donors (Lipinski definition) is 1. The lowest BCUT2D eigenvalue weighted by molar-refractivity contribution is 0.0957. The summed E-state index contributed by atoms with van der Waals surface area (Å²) in [6, 6.07) is 1.96. The Bertz CT molecular complexity index is 316. The predicted octanol–water partition coefficient (Wildman–Crippen LogP) is 3.27. The lowest BCUT2D eigenvalue weighted by Crippen LogP contribution is -2.23. The number of halogens is 1. The fourth-order valence-electron chi connectivity index (χ4n) is 1.19. The summed E-state index contributed by atoms with van der Waals surface area (Å²) in [5, 5.41) is 3.93. The molecular weight excluding hydrogens is 274 g/mol. The van der Waals surface area contributed by atoms with E-state index in [1.165, 1.54) is 10.4 Å². The zero-order valence-corrected chi connectivity index (χ0v) is 11.5. The Labute approximate surface area is 103 Å². The molecule has 0 unspecified atom stereocenters. The summed E-state index contributed by atoms with van der Waals surface area (Å²) in [7, 11) is 0. The summed E-state index contributed by atoms with van der Waals surface area (Å²) in [5.74, 6) is 0.0609. The Morgan fingerprint density at radius 3 is 2.73 bits per heavy atom. The lowest BCUT2D eigenvalue weighted by atomic mass is 10.3. The van der Waals surface area contributed by atoms with Crippen LogP contribution in [0.2, 0.25) is 0 Å². The summed E-state index contributed by atoms with van der Waals surface area (Å²) in [6.07, 6.45) is 2.13. The lowest BCUT2D eigenvalue weighted by Gasteiger charge is -2.01. The van der Waals surface area contributed by atoms with Gasteiger partial charge in [0.15, 0.2) is 0 Å². The molecular formula is C11H16BrNOS. The smallest absolute Gasteiger partial charge is 0.261 e. The minimum atomic E-state index is 0.0609. The van der Waals surface area contributed by atoms with Gasteiger partial charge in [-0.1, -0.05) is 15.9 Å². The third kappa shape index (κ3) is 3.95. The van der Waals surface area contributed by atoms with Gasteiger partial charge < -0.3 is 5.32 Å². The van der Waals surface area contributed by atoms with E-state index in [-0.39, 0.29) is 5.91 Å². The number of hydrogen-bond acceptors (Lipinski definition) is 2. The van der Waals surface area contributed by atoms with Gasteiger partial charge in [-0.15, -0.1) is 11.3 Å². The first-order chi connectivity index (χ1) is 7.15. The minimum Gasteiger partial charge on any atom is -0.351 e. The molecule has 0 spiro atoms. The largest absolute Gasteiger partial charge is 0.351 e. The number of carbonyl (C=O) groups is 1. The van der Waals surface area contributed by atoms with Gasteiger partial charge in [0.2, 0.25) is 0 Å². The average Bonchev–Trinajstić information content (AvgIpc) is 2.54. The second kappa shape index (κ2) is 6.28. The molecule has 2 nitrogen and oxygen atoms in total. The molecule has 0 atom stereocenters. The molecule has 0 aliphatic heterocycles. The van der Waals surface area contributed by atoms with Crippen LogP contribution in [0, 0.1) is 13.8 Å². The van der Waals surface area contributed by atoms with Crippen LogP contribution in [-0.4, -0.2) is 17.8 Å². The molecule has 1 N–H and O–H groups in total. The number of amides is 1. The van der Waals surface area contributed by atoms with Crippen LogP contribution in [0.15, 0.2) is 6.07 Å². The van der Waals surface area contributed by atoms with Crippen molar-refractivity contribution in [3.05, 3.63) is 21.4 Å². The van der Waals surface area contributed by atoms with E-state index in [9.17, 15) is 4.79 Å². The molecule has 15 heavy (non-hydrogen) atoms. The first-order valence-electron chi connectivity index (χ1n) is 5.06. The minimum absolute atomic E-state index is 0.0609. The number of carbonyl (C=O) groups excluding carboxylic acids is 1. The Kier molecular flexibility index (Phi) is 5.32. The summed E-state index contributed by atoms with van der Waals surface area (Å²) in [6.45, 7) is 4.84. The highest BCUT2D eigenvalue weighted by molar-refractivity contribution is 9.09. The second-order valence-electron chi connectivity index (χ2n) is 3.50. The zero-order chi connectivity index (χ0) is 11.3. The highest BCUT2D eigenvalue weighted by atomic mass is 79.9. The number of aryl methyl sites for hydroxylation is 2. The van der Waals surface area contributed by atoms with Crippen LogP contribution in [0.5, 0.6) is 0 Å². The van der Waals surface area contributed by atoms with E-state index in [1.54, 1.807) is 11.3 Å². The molecule has 0 aliphatic carbocycles. The number of rotatable bonds is 5. The molecule has 0 fully saturated rings. The van der Waals surface area contributed by atoms with Crippen LogP contribution in [0.25, 0.3) is 0 Å². The van der Waals surface area contributed by atoms with Gasteiger partial charge in [-0.2, -0.15) is 0 Å². The molecule has 1 aromatic rings. The van der Waals surface area contributed by atoms with Crippen molar-refractivity contribution in [2.24, 2.45) is 0 Å². The van der Waals surface area contributed by atoms with Crippen molar-refractivity contribution >= 4 is 33.2 Å². The van der Waals surface area contributed by atoms with Crippen LogP contribution in [0.4, 0.5) is 0 Å². The topological polar surface area (TPSA) is 29.1 Å². The molecule has 84 valence electrons. The Balaban J connectivity index is 2.40. The maximum Gasteiger partial charge on any atom is 0.261 e. The third-order valence-electron chi connectivity index (χ3n) is 2.24. The summed E-state index contributed by atoms with van der Waals surface area (Å²) < 4.78 is 0. The Morgan fingerprint density at radius 1 is 1.47 bits per heavy atom. The Morgan fingerprint density at radius 2 is 2.20 bits per heavy atom. The van der Waals surface area contributed by atoms with Crippen molar-refractivity contribution < 1.29 is 4.79 Å². The average molecular weight is 290 g/mol. The SMILES string of the molecule is Cc1cc(C(=O)NCCCCBr)sc1C. The van der Waals surface area contributed by atoms with E-state index in [0.717, 1.165) is 29.6 Å². The number of alkyl halides is 1. The predicted molar refractivity (Wildman–Crippen MR) is 69.2 cm³/mol. The first kappa shape index (κ1) is 12.7. The van der Waals surface area contributed by atoms with Crippen LogP contribution in [0.1, 0.15) is 33.0 Å². The number of nitrogens with one attached hydrogen (secondary N) is 1. The highest BCUT2D eigenvalue weighted by Crippen LogP contribution is 2.20. The first-order valence-corrected chi connectivity index (χ1v) is 7.00. The van der Waals surface area contributed by atoms with E-state index in [4.69, 9.17) is 0 Å². The van der Waals surface area contributed by atoms with E-state index >= 15 is 0 Å². The standard InChI is InChI=1S/C11H16BrNOS/c1-8-7-10(15-9(8)2)11(14)13-6-4-3-5-12/h7H,3-6H2,1-2H3,(H,13,14). The fourth-order valence-corrected chi connectivity index (χ4v) is 2.54. The van der Waals surface area contributed by atoms with E-state index in [2.05, 4.69) is 21.2 Å². The fraction of sp³-hybridized carbons (Fsp3) is 0.545. The number of thiophene rings is 1. The normalized spacial score (nSPS) is 10.3. The van der Waals surface area contributed by atoms with Crippen LogP contribution < -0.4 is 5.32 Å². The van der Waals surface area contributed by atoms with Crippen LogP contribution in [-0.2, 0) is 0 Å². The van der Waals surface area contributed by atoms with Gasteiger partial charge >= 0.3 is 0 Å². The maximum atomic E-state index is 11.7. The van der Waals surface area contributed by atoms with Crippen molar-refractivity contribution in [3.63, 3.8) is 0 Å². The summed E-state index contributed by atoms with van der Waals surface area (Å²) in [5.41, 5.74) is 1.20. The highest BCUT2D eigenvalue weighted by Gasteiger charge is 2.09. The van der Waals surface area contributed by atoms with Crippen molar-refractivity contribution in [1.82, 2.24) is 5.32 Å². The van der Waals surface area contributed by atoms with Crippen LogP contribution in [0.3, 0.4) is 0 Å². The monoisotopic (exact) mass is 289 g/mol. The van der Waals surface area contributed by atoms with Gasteiger partial charge in [0.25, 0.3) is 5.91 Å². The molecule has 4 heteroatoms. The molecule has 0 aliphatic rings. The summed E-state index contributed by atoms with van der Waals surface area (Å²) in [4.78, 5) is 13.7. The van der Waals surface area contributed by atoms with Crippen molar-refractivity contribution in [2.45, 2.75) is 26.7 Å². The molecule has 1 rings (SSSR count). The van der Waals surface area contributed by atoms with E-state index in [0.29, 0.717) is 0 Å². The van der Waals surface area contributed by atoms with Gasteiger partial charge in [-0.05, 0) is 38.3 Å². The molecule has 0 aromatic carbocycles. The molecule has 0 radical (unpaired) electrons. The van der Waals surface area contributed by atoms with Gasteiger partial charge in [-0.3, -0.25) is 4.79 Å². The van der Waals surface area contributed by atoms with Crippen molar-refractivity contribution in [1.29, 1.82) is 0 Å². The second-order valence-corrected chi connectivity index (χ2v) is 5.55. The van der Waals surface area contributed by atoms with Gasteiger partial charge in [0, 0.05) is 16.8 Å². The molecule has 1 aromatic heterocycles. The number of unbranched alkanes of at least 4 members (excludes halogenated alkanes) is 1.